The number of benzene rings is 1. The molecule has 3 atom stereocenters. The highest BCUT2D eigenvalue weighted by atomic mass is 32.1. The second kappa shape index (κ2) is 49.9. The average molecular weight is 1280 g/mol. The monoisotopic (exact) mass is 1280 g/mol. The third-order valence-electron chi connectivity index (χ3n) is 19.5. The zero-order valence-corrected chi connectivity index (χ0v) is 60.5. The summed E-state index contributed by atoms with van der Waals surface area (Å²) >= 11 is 3.14. The Morgan fingerprint density at radius 1 is 0.411 bits per heavy atom. The summed E-state index contributed by atoms with van der Waals surface area (Å²) in [4.78, 5) is 20.6. The topological polar surface area (TPSA) is 82.3 Å². The smallest absolute Gasteiger partial charge is 0.280 e. The van der Waals surface area contributed by atoms with Crippen molar-refractivity contribution in [1.29, 1.82) is 0 Å². The van der Waals surface area contributed by atoms with E-state index in [9.17, 15) is 9.90 Å². The van der Waals surface area contributed by atoms with Crippen LogP contribution in [0.1, 0.15) is 376 Å². The zero-order chi connectivity index (χ0) is 63.9. The number of thiophene rings is 2. The van der Waals surface area contributed by atoms with Gasteiger partial charge in [0.2, 0.25) is 11.6 Å². The number of hydrogen-bond donors (Lipinski definition) is 1. The summed E-state index contributed by atoms with van der Waals surface area (Å²) in [5.41, 5.74) is 3.25. The first-order chi connectivity index (χ1) is 44.4. The van der Waals surface area contributed by atoms with Gasteiger partial charge in [0.1, 0.15) is 0 Å². The van der Waals surface area contributed by atoms with Crippen LogP contribution in [-0.4, -0.2) is 41.1 Å². The summed E-state index contributed by atoms with van der Waals surface area (Å²) in [5.74, 6) is 3.40. The molecule has 1 amide bonds. The van der Waals surface area contributed by atoms with Gasteiger partial charge in [0.05, 0.1) is 58.7 Å². The van der Waals surface area contributed by atoms with Crippen LogP contribution in [0.3, 0.4) is 0 Å². The first-order valence-electron chi connectivity index (χ1n) is 38.6. The summed E-state index contributed by atoms with van der Waals surface area (Å²) < 4.78 is 24.3. The van der Waals surface area contributed by atoms with Gasteiger partial charge >= 0.3 is 0 Å². The lowest BCUT2D eigenvalue weighted by Crippen LogP contribution is -2.18. The molecule has 0 radical (unpaired) electrons. The lowest BCUT2D eigenvalue weighted by atomic mass is 9.94. The van der Waals surface area contributed by atoms with Crippen molar-refractivity contribution in [3.8, 4) is 33.7 Å². The summed E-state index contributed by atoms with van der Waals surface area (Å²) in [7, 11) is 0. The van der Waals surface area contributed by atoms with E-state index in [1.54, 1.807) is 22.7 Å². The van der Waals surface area contributed by atoms with E-state index in [4.69, 9.17) is 14.2 Å². The fourth-order valence-electron chi connectivity index (χ4n) is 13.8. The Hall–Kier alpha value is -3.56. The normalized spacial score (nSPS) is 13.3. The van der Waals surface area contributed by atoms with Gasteiger partial charge in [-0.2, -0.15) is 0 Å². The predicted octanol–water partition coefficient (Wildman–Crippen LogP) is 26.9. The molecule has 9 heteroatoms. The fourth-order valence-corrected chi connectivity index (χ4v) is 15.3. The minimum Gasteiger partial charge on any atom is -0.494 e. The predicted molar refractivity (Wildman–Crippen MR) is 392 cm³/mol. The number of aromatic hydroxyl groups is 1. The first-order valence-corrected chi connectivity index (χ1v) is 40.3. The van der Waals surface area contributed by atoms with Crippen LogP contribution < -0.4 is 14.2 Å². The van der Waals surface area contributed by atoms with Crippen LogP contribution in [0.4, 0.5) is 0 Å². The Labute approximate surface area is 560 Å². The number of amides is 1. The van der Waals surface area contributed by atoms with Gasteiger partial charge in [-0.25, -0.2) is 4.99 Å². The molecular weight excluding hydrogens is 1150 g/mol. The number of carbonyl (C=O) groups excluding carboxylic acids is 1. The molecule has 1 N–H and O–H groups in total. The van der Waals surface area contributed by atoms with E-state index >= 15 is 0 Å². The quantitative estimate of drug-likeness (QED) is 0.0446. The number of rotatable bonds is 61. The Morgan fingerprint density at radius 2 is 0.722 bits per heavy atom. The Bertz CT molecular complexity index is 2340. The molecular formula is C81H134N2O5S2. The van der Waals surface area contributed by atoms with Crippen LogP contribution in [0.15, 0.2) is 52.2 Å². The van der Waals surface area contributed by atoms with Gasteiger partial charge in [0, 0.05) is 0 Å². The van der Waals surface area contributed by atoms with Gasteiger partial charge in [0.15, 0.2) is 11.5 Å². The van der Waals surface area contributed by atoms with Crippen LogP contribution in [0.2, 0.25) is 0 Å². The standard InChI is InChI=1S/C81H134N2O5S2/c1-7-13-19-25-31-34-40-46-53-67(51-43-37-28-22-16-10-4)64-86-71-61-70(63-83-78(74-58-50-60-90-74)76-75(81(83)85)77(82-80(76)84)73-57-49-59-89-73)62-72(87-65-68(52-44-38-29-23-17-11-5)54-47-41-35-32-26-20-14-8-2)79(71)88-66-69(55-45-39-30-24-18-12-6)56-48-42-36-33-27-21-15-9-3/h49-50,57-62,67-69,85H,7-48,51-56,63-66H2,1-6H3. The molecule has 0 spiro atoms. The van der Waals surface area contributed by atoms with Crippen LogP contribution in [0, 0.1) is 17.8 Å². The van der Waals surface area contributed by atoms with Gasteiger partial charge in [-0.1, -0.05) is 323 Å². The second-order valence-electron chi connectivity index (χ2n) is 27.6. The molecule has 0 aliphatic carbocycles. The van der Waals surface area contributed by atoms with Crippen LogP contribution in [0.5, 0.6) is 23.1 Å². The molecule has 90 heavy (non-hydrogen) atoms. The average Bonchev–Trinajstić information content (AvgIpc) is 1.59. The number of nitrogens with zero attached hydrogens (tertiary/aromatic N) is 2. The third kappa shape index (κ3) is 30.2. The van der Waals surface area contributed by atoms with Crippen molar-refractivity contribution >= 4 is 34.3 Å². The highest BCUT2D eigenvalue weighted by Gasteiger charge is 2.37. The molecule has 1 aromatic carbocycles. The molecule has 3 aromatic heterocycles. The summed E-state index contributed by atoms with van der Waals surface area (Å²) in [6.45, 7) is 16.1. The van der Waals surface area contributed by atoms with Crippen molar-refractivity contribution in [3.63, 3.8) is 0 Å². The SMILES string of the molecule is CCCCCCCCCCC(CCCCCCCC)COc1cc(Cn2c(O)c3c(c2-c2cccs2)C(=O)N=C3c2cccs2)cc(OCC(CCCCCCCC)CCCCCCCCCC)c1OCC(CCCCCCCC)CCCCCCCCCC. The summed E-state index contributed by atoms with van der Waals surface area (Å²) in [6.07, 6.45) is 62.1. The number of ether oxygens (including phenoxy) is 3. The molecule has 3 unspecified atom stereocenters. The lowest BCUT2D eigenvalue weighted by Gasteiger charge is -2.25. The number of hydrogen-bond acceptors (Lipinski definition) is 7. The summed E-state index contributed by atoms with van der Waals surface area (Å²) in [5, 5.41) is 16.7. The van der Waals surface area contributed by atoms with Crippen molar-refractivity contribution in [3.05, 3.63) is 68.7 Å². The maximum Gasteiger partial charge on any atom is 0.280 e. The van der Waals surface area contributed by atoms with E-state index in [-0.39, 0.29) is 11.8 Å². The molecule has 7 nitrogen and oxygen atoms in total. The second-order valence-corrected chi connectivity index (χ2v) is 29.5. The van der Waals surface area contributed by atoms with Crippen LogP contribution in [0.25, 0.3) is 10.6 Å². The number of aliphatic imine (C=N–C) groups is 1. The van der Waals surface area contributed by atoms with E-state index in [1.165, 1.54) is 308 Å². The molecule has 1 aliphatic heterocycles. The first kappa shape index (κ1) is 77.1. The molecule has 510 valence electrons. The van der Waals surface area contributed by atoms with Crippen molar-refractivity contribution in [1.82, 2.24) is 4.57 Å². The molecule has 0 saturated carbocycles. The van der Waals surface area contributed by atoms with Gasteiger partial charge < -0.3 is 23.9 Å². The van der Waals surface area contributed by atoms with E-state index in [1.807, 2.05) is 28.1 Å². The van der Waals surface area contributed by atoms with Crippen molar-refractivity contribution in [2.24, 2.45) is 22.7 Å². The van der Waals surface area contributed by atoms with E-state index < -0.39 is 0 Å². The zero-order valence-electron chi connectivity index (χ0n) is 58.9. The fraction of sp³-hybridized carbons (Fsp3) is 0.753. The summed E-state index contributed by atoms with van der Waals surface area (Å²) in [6, 6.07) is 12.5. The maximum atomic E-state index is 14.2. The molecule has 4 aromatic rings. The van der Waals surface area contributed by atoms with Gasteiger partial charge in [0.25, 0.3) is 5.91 Å². The molecule has 1 aliphatic rings. The van der Waals surface area contributed by atoms with Crippen molar-refractivity contribution in [2.45, 2.75) is 356 Å². The highest BCUT2D eigenvalue weighted by molar-refractivity contribution is 7.13. The van der Waals surface area contributed by atoms with Gasteiger partial charge in [-0.3, -0.25) is 4.79 Å². The van der Waals surface area contributed by atoms with E-state index in [0.717, 1.165) is 38.3 Å². The minimum absolute atomic E-state index is 0.0730. The number of fused-ring (bicyclic) bond motifs is 1. The number of unbranched alkanes of at least 4 members (excludes halogenated alkanes) is 36. The van der Waals surface area contributed by atoms with Gasteiger partial charge in [-0.15, -0.1) is 22.7 Å². The van der Waals surface area contributed by atoms with Gasteiger partial charge in [-0.05, 0) is 96.9 Å². The largest absolute Gasteiger partial charge is 0.494 e. The molecule has 0 bridgehead atoms. The van der Waals surface area contributed by atoms with E-state index in [0.29, 0.717) is 61.0 Å². The molecule has 4 heterocycles. The van der Waals surface area contributed by atoms with Crippen molar-refractivity contribution in [2.75, 3.05) is 19.8 Å². The number of aromatic nitrogens is 1. The minimum atomic E-state index is -0.300. The Balaban J connectivity index is 1.58. The third-order valence-corrected chi connectivity index (χ3v) is 21.3. The Morgan fingerprint density at radius 3 is 1.04 bits per heavy atom. The lowest BCUT2D eigenvalue weighted by molar-refractivity contribution is 0.101. The van der Waals surface area contributed by atoms with Crippen LogP contribution in [-0.2, 0) is 6.54 Å². The maximum absolute atomic E-state index is 14.2. The molecule has 0 fully saturated rings. The van der Waals surface area contributed by atoms with Crippen molar-refractivity contribution < 1.29 is 24.1 Å². The Kier molecular flexibility index (Phi) is 42.8. The number of carbonyl (C=O) groups is 1. The molecule has 5 rings (SSSR count). The van der Waals surface area contributed by atoms with Crippen LogP contribution >= 0.6 is 22.7 Å². The highest BCUT2D eigenvalue weighted by Crippen LogP contribution is 2.46. The molecule has 0 saturated heterocycles. The van der Waals surface area contributed by atoms with E-state index in [2.05, 4.69) is 70.1 Å².